The van der Waals surface area contributed by atoms with Gasteiger partial charge in [0.2, 0.25) is 0 Å². The molecule has 0 unspecified atom stereocenters. The fourth-order valence-electron chi connectivity index (χ4n) is 0.966. The minimum atomic E-state index is -1.53. The smallest absolute Gasteiger partial charge is 0.184 e. The van der Waals surface area contributed by atoms with Gasteiger partial charge in [0.1, 0.15) is 6.29 Å². The van der Waals surface area contributed by atoms with Crippen molar-refractivity contribution in [3.63, 3.8) is 0 Å². The van der Waals surface area contributed by atoms with Gasteiger partial charge < -0.3 is 4.43 Å². The molecular formula is C11H16O2SSi. The first-order valence-electron chi connectivity index (χ1n) is 4.84. The van der Waals surface area contributed by atoms with Crippen LogP contribution in [0.1, 0.15) is 4.88 Å². The van der Waals surface area contributed by atoms with Gasteiger partial charge in [-0.2, -0.15) is 0 Å². The van der Waals surface area contributed by atoms with E-state index < -0.39 is 8.32 Å². The van der Waals surface area contributed by atoms with Gasteiger partial charge in [0.25, 0.3) is 0 Å². The van der Waals surface area contributed by atoms with E-state index in [9.17, 15) is 4.79 Å². The van der Waals surface area contributed by atoms with Crippen LogP contribution in [0.2, 0.25) is 19.6 Å². The molecule has 1 heterocycles. The van der Waals surface area contributed by atoms with Crippen molar-refractivity contribution in [3.8, 4) is 0 Å². The number of rotatable bonds is 5. The maximum absolute atomic E-state index is 10.8. The van der Waals surface area contributed by atoms with E-state index in [4.69, 9.17) is 4.43 Å². The van der Waals surface area contributed by atoms with Crippen LogP contribution in [0.3, 0.4) is 0 Å². The van der Waals surface area contributed by atoms with Gasteiger partial charge in [-0.05, 0) is 37.2 Å². The van der Waals surface area contributed by atoms with E-state index in [2.05, 4.69) is 19.6 Å². The zero-order valence-corrected chi connectivity index (χ0v) is 11.1. The lowest BCUT2D eigenvalue weighted by molar-refractivity contribution is -0.105. The second-order valence-corrected chi connectivity index (χ2v) is 9.75. The molecule has 2 nitrogen and oxygen atoms in total. The van der Waals surface area contributed by atoms with E-state index in [0.29, 0.717) is 12.2 Å². The van der Waals surface area contributed by atoms with E-state index in [-0.39, 0.29) is 0 Å². The molecule has 0 saturated heterocycles. The highest BCUT2D eigenvalue weighted by Crippen LogP contribution is 2.13. The number of carbonyl (C=O) groups is 1. The highest BCUT2D eigenvalue weighted by molar-refractivity contribution is 7.10. The Balaban J connectivity index is 2.61. The highest BCUT2D eigenvalue weighted by atomic mass is 32.1. The number of hydrogen-bond acceptors (Lipinski definition) is 3. The van der Waals surface area contributed by atoms with Gasteiger partial charge >= 0.3 is 0 Å². The van der Waals surface area contributed by atoms with E-state index in [0.717, 1.165) is 11.2 Å². The minimum Gasteiger partial charge on any atom is -0.413 e. The largest absolute Gasteiger partial charge is 0.413 e. The predicted octanol–water partition coefficient (Wildman–Crippen LogP) is 3.18. The first-order chi connectivity index (χ1) is 7.01. The summed E-state index contributed by atoms with van der Waals surface area (Å²) in [5, 5.41) is 1.99. The predicted molar refractivity (Wildman–Crippen MR) is 67.7 cm³/mol. The fraction of sp³-hybridized carbons (Fsp3) is 0.364. The van der Waals surface area contributed by atoms with Crippen LogP contribution in [0.25, 0.3) is 6.08 Å². The summed E-state index contributed by atoms with van der Waals surface area (Å²) in [5.74, 6) is 0. The summed E-state index contributed by atoms with van der Waals surface area (Å²) in [6, 6.07) is 3.96. The Morgan fingerprint density at radius 3 is 2.73 bits per heavy atom. The first-order valence-corrected chi connectivity index (χ1v) is 9.13. The van der Waals surface area contributed by atoms with Gasteiger partial charge in [-0.3, -0.25) is 4.79 Å². The van der Waals surface area contributed by atoms with Crippen molar-refractivity contribution in [3.05, 3.63) is 28.0 Å². The lowest BCUT2D eigenvalue weighted by Crippen LogP contribution is -2.26. The third-order valence-corrected chi connectivity index (χ3v) is 3.52. The molecule has 0 aliphatic rings. The van der Waals surface area contributed by atoms with Crippen molar-refractivity contribution in [2.45, 2.75) is 19.6 Å². The standard InChI is InChI=1S/C11H16O2SSi/c1-15(2,3)13-9-10(8-12)7-11-5-4-6-14-11/h4-8H,9H2,1-3H3/b10-7+. The second kappa shape index (κ2) is 5.39. The maximum Gasteiger partial charge on any atom is 0.184 e. The minimum absolute atomic E-state index is 0.428. The zero-order chi connectivity index (χ0) is 11.3. The number of aldehydes is 1. The monoisotopic (exact) mass is 240 g/mol. The molecule has 0 atom stereocenters. The lowest BCUT2D eigenvalue weighted by Gasteiger charge is -2.16. The van der Waals surface area contributed by atoms with Gasteiger partial charge in [0.15, 0.2) is 8.32 Å². The Morgan fingerprint density at radius 1 is 1.53 bits per heavy atom. The third kappa shape index (κ3) is 5.06. The molecule has 4 heteroatoms. The summed E-state index contributed by atoms with van der Waals surface area (Å²) in [7, 11) is -1.53. The van der Waals surface area contributed by atoms with Crippen molar-refractivity contribution in [2.24, 2.45) is 0 Å². The lowest BCUT2D eigenvalue weighted by atomic mass is 10.3. The summed E-state index contributed by atoms with van der Waals surface area (Å²) >= 11 is 1.62. The Labute approximate surface area is 95.7 Å². The summed E-state index contributed by atoms with van der Waals surface area (Å²) in [5.41, 5.74) is 0.708. The van der Waals surface area contributed by atoms with Crippen molar-refractivity contribution in [1.29, 1.82) is 0 Å². The molecule has 1 aromatic heterocycles. The van der Waals surface area contributed by atoms with E-state index in [1.165, 1.54) is 0 Å². The highest BCUT2D eigenvalue weighted by Gasteiger charge is 2.14. The topological polar surface area (TPSA) is 26.3 Å². The summed E-state index contributed by atoms with van der Waals surface area (Å²) in [6.45, 7) is 6.76. The van der Waals surface area contributed by atoms with Crippen molar-refractivity contribution >= 4 is 32.0 Å². The number of hydrogen-bond donors (Lipinski definition) is 0. The average Bonchev–Trinajstić information content (AvgIpc) is 2.63. The first kappa shape index (κ1) is 12.4. The molecule has 1 aromatic rings. The number of thiophene rings is 1. The van der Waals surface area contributed by atoms with Crippen molar-refractivity contribution in [1.82, 2.24) is 0 Å². The SMILES string of the molecule is C[Si](C)(C)OC/C(C=O)=C/c1cccs1. The van der Waals surface area contributed by atoms with Crippen LogP contribution in [-0.4, -0.2) is 21.2 Å². The third-order valence-electron chi connectivity index (χ3n) is 1.69. The van der Waals surface area contributed by atoms with Crippen LogP contribution in [0.15, 0.2) is 23.1 Å². The average molecular weight is 240 g/mol. The maximum atomic E-state index is 10.8. The van der Waals surface area contributed by atoms with Crippen LogP contribution in [0, 0.1) is 0 Å². The van der Waals surface area contributed by atoms with Crippen LogP contribution < -0.4 is 0 Å². The van der Waals surface area contributed by atoms with E-state index >= 15 is 0 Å². The van der Waals surface area contributed by atoms with Crippen molar-refractivity contribution in [2.75, 3.05) is 6.61 Å². The molecule has 0 N–H and O–H groups in total. The molecule has 15 heavy (non-hydrogen) atoms. The summed E-state index contributed by atoms with van der Waals surface area (Å²) in [4.78, 5) is 11.9. The fourth-order valence-corrected chi connectivity index (χ4v) is 2.26. The molecule has 0 saturated carbocycles. The molecule has 0 radical (unpaired) electrons. The molecule has 1 rings (SSSR count). The molecule has 0 fully saturated rings. The van der Waals surface area contributed by atoms with E-state index in [1.54, 1.807) is 11.3 Å². The molecule has 0 aliphatic heterocycles. The second-order valence-electron chi connectivity index (χ2n) is 4.25. The van der Waals surface area contributed by atoms with Crippen LogP contribution >= 0.6 is 11.3 Å². The Bertz CT molecular complexity index is 336. The molecule has 0 aromatic carbocycles. The van der Waals surface area contributed by atoms with Gasteiger partial charge in [-0.15, -0.1) is 11.3 Å². The Kier molecular flexibility index (Phi) is 4.44. The molecular weight excluding hydrogens is 224 g/mol. The molecule has 0 aliphatic carbocycles. The van der Waals surface area contributed by atoms with Crippen LogP contribution in [-0.2, 0) is 9.22 Å². The van der Waals surface area contributed by atoms with Crippen molar-refractivity contribution < 1.29 is 9.22 Å². The summed E-state index contributed by atoms with van der Waals surface area (Å²) in [6.07, 6.45) is 2.76. The molecule has 0 bridgehead atoms. The summed E-state index contributed by atoms with van der Waals surface area (Å²) < 4.78 is 5.68. The normalized spacial score (nSPS) is 12.9. The van der Waals surface area contributed by atoms with Gasteiger partial charge in [0, 0.05) is 10.5 Å². The van der Waals surface area contributed by atoms with E-state index in [1.807, 2.05) is 23.6 Å². The van der Waals surface area contributed by atoms with Gasteiger partial charge in [0.05, 0.1) is 6.61 Å². The van der Waals surface area contributed by atoms with Gasteiger partial charge in [-0.25, -0.2) is 0 Å². The number of carbonyl (C=O) groups excluding carboxylic acids is 1. The molecule has 0 spiro atoms. The molecule has 0 amide bonds. The van der Waals surface area contributed by atoms with Gasteiger partial charge in [-0.1, -0.05) is 6.07 Å². The molecule has 82 valence electrons. The van der Waals surface area contributed by atoms with Crippen LogP contribution in [0.4, 0.5) is 0 Å². The van der Waals surface area contributed by atoms with Crippen LogP contribution in [0.5, 0.6) is 0 Å². The quantitative estimate of drug-likeness (QED) is 0.449. The Hall–Kier alpha value is -0.713. The Morgan fingerprint density at radius 2 is 2.27 bits per heavy atom. The zero-order valence-electron chi connectivity index (χ0n) is 9.32.